The fourth-order valence-electron chi connectivity index (χ4n) is 5.31. The lowest BCUT2D eigenvalue weighted by Gasteiger charge is -2.47. The molecule has 2 aromatic rings. The Morgan fingerprint density at radius 1 is 1.08 bits per heavy atom. The SMILES string of the molecule is COCCOc1ccc(Nc2ncc(F)c(NC3CC4CCCN4C(C)(C)C3)n2)c(F)c1OCCOC. The number of piperidine rings is 1. The highest BCUT2D eigenvalue weighted by atomic mass is 19.1. The van der Waals surface area contributed by atoms with E-state index in [-0.39, 0.29) is 60.4 Å². The van der Waals surface area contributed by atoms with Crippen LogP contribution >= 0.6 is 0 Å². The molecular weight excluding hydrogens is 484 g/mol. The molecular formula is C26H37F2N5O4. The van der Waals surface area contributed by atoms with Gasteiger partial charge in [-0.05, 0) is 58.2 Å². The number of nitrogens with zero attached hydrogens (tertiary/aromatic N) is 3. The van der Waals surface area contributed by atoms with E-state index >= 15 is 4.39 Å². The Morgan fingerprint density at radius 2 is 1.84 bits per heavy atom. The molecule has 1 aromatic heterocycles. The maximum atomic E-state index is 15.4. The molecule has 2 aliphatic rings. The first-order valence-corrected chi connectivity index (χ1v) is 12.7. The van der Waals surface area contributed by atoms with Crippen molar-refractivity contribution < 1.29 is 27.7 Å². The molecule has 2 unspecified atom stereocenters. The maximum absolute atomic E-state index is 15.4. The first-order valence-electron chi connectivity index (χ1n) is 12.7. The van der Waals surface area contributed by atoms with Gasteiger partial charge in [-0.15, -0.1) is 0 Å². The quantitative estimate of drug-likeness (QED) is 0.395. The third-order valence-electron chi connectivity index (χ3n) is 6.93. The van der Waals surface area contributed by atoms with Crippen LogP contribution in [-0.4, -0.2) is 79.7 Å². The number of aromatic nitrogens is 2. The molecule has 0 saturated carbocycles. The third-order valence-corrected chi connectivity index (χ3v) is 6.93. The lowest BCUT2D eigenvalue weighted by Crippen LogP contribution is -2.55. The number of hydrogen-bond donors (Lipinski definition) is 2. The normalized spacial score (nSPS) is 20.9. The summed E-state index contributed by atoms with van der Waals surface area (Å²) in [6.45, 7) is 6.57. The molecule has 2 saturated heterocycles. The second kappa shape index (κ2) is 12.2. The smallest absolute Gasteiger partial charge is 0.229 e. The van der Waals surface area contributed by atoms with E-state index in [1.165, 1.54) is 19.6 Å². The molecule has 2 fully saturated rings. The van der Waals surface area contributed by atoms with Gasteiger partial charge in [0, 0.05) is 31.8 Å². The van der Waals surface area contributed by atoms with E-state index in [4.69, 9.17) is 18.9 Å². The highest BCUT2D eigenvalue weighted by Gasteiger charge is 2.43. The molecule has 11 heteroatoms. The number of nitrogens with one attached hydrogen (secondary N) is 2. The van der Waals surface area contributed by atoms with E-state index in [0.717, 1.165) is 32.0 Å². The summed E-state index contributed by atoms with van der Waals surface area (Å²) >= 11 is 0. The van der Waals surface area contributed by atoms with Crippen LogP contribution in [0.15, 0.2) is 18.3 Å². The molecule has 204 valence electrons. The van der Waals surface area contributed by atoms with Crippen molar-refractivity contribution in [3.8, 4) is 11.5 Å². The topological polar surface area (TPSA) is 90.0 Å². The Labute approximate surface area is 216 Å². The summed E-state index contributed by atoms with van der Waals surface area (Å²) in [5, 5.41) is 6.14. The molecule has 2 atom stereocenters. The average molecular weight is 522 g/mol. The average Bonchev–Trinajstić information content (AvgIpc) is 3.34. The number of benzene rings is 1. The second-order valence-electron chi connectivity index (χ2n) is 10.0. The highest BCUT2D eigenvalue weighted by molar-refractivity contribution is 5.62. The first-order chi connectivity index (χ1) is 17.8. The Kier molecular flexibility index (Phi) is 8.99. The summed E-state index contributed by atoms with van der Waals surface area (Å²) in [5.41, 5.74) is 0.0985. The largest absolute Gasteiger partial charge is 0.487 e. The molecule has 1 aromatic carbocycles. The van der Waals surface area contributed by atoms with E-state index in [1.54, 1.807) is 13.2 Å². The number of fused-ring (bicyclic) bond motifs is 1. The van der Waals surface area contributed by atoms with Crippen LogP contribution in [0.3, 0.4) is 0 Å². The standard InChI is InChI=1S/C26H37F2N5O4/c1-26(2)15-17(14-18-6-5-9-33(18)26)30-24-19(27)16-29-25(32-24)31-20-7-8-21(36-12-10-34-3)23(22(20)28)37-13-11-35-4/h7-8,16-18H,5-6,9-15H2,1-4H3,(H2,29,30,31,32). The minimum absolute atomic E-state index is 0.0249. The molecule has 0 radical (unpaired) electrons. The van der Waals surface area contributed by atoms with Crippen LogP contribution < -0.4 is 20.1 Å². The van der Waals surface area contributed by atoms with E-state index < -0.39 is 11.6 Å². The molecule has 0 spiro atoms. The van der Waals surface area contributed by atoms with Gasteiger partial charge in [0.15, 0.2) is 29.0 Å². The van der Waals surface area contributed by atoms with Crippen LogP contribution in [-0.2, 0) is 9.47 Å². The van der Waals surface area contributed by atoms with Gasteiger partial charge in [-0.1, -0.05) is 0 Å². The molecule has 2 aliphatic heterocycles. The molecule has 2 N–H and O–H groups in total. The molecule has 3 heterocycles. The summed E-state index contributed by atoms with van der Waals surface area (Å²) in [6, 6.07) is 3.65. The third kappa shape index (κ3) is 6.58. The summed E-state index contributed by atoms with van der Waals surface area (Å²) < 4.78 is 51.3. The number of hydrogen-bond acceptors (Lipinski definition) is 9. The van der Waals surface area contributed by atoms with Crippen LogP contribution in [0.4, 0.5) is 26.2 Å². The summed E-state index contributed by atoms with van der Waals surface area (Å²) in [5.74, 6) is -0.895. The van der Waals surface area contributed by atoms with Gasteiger partial charge in [-0.25, -0.2) is 13.8 Å². The van der Waals surface area contributed by atoms with Gasteiger partial charge in [-0.3, -0.25) is 4.90 Å². The van der Waals surface area contributed by atoms with Gasteiger partial charge in [0.1, 0.15) is 13.2 Å². The number of ether oxygens (including phenoxy) is 4. The zero-order valence-corrected chi connectivity index (χ0v) is 22.0. The van der Waals surface area contributed by atoms with Crippen LogP contribution in [0.5, 0.6) is 11.5 Å². The van der Waals surface area contributed by atoms with Gasteiger partial charge >= 0.3 is 0 Å². The Bertz CT molecular complexity index is 1060. The fraction of sp³-hybridized carbons (Fsp3) is 0.615. The number of rotatable bonds is 12. The van der Waals surface area contributed by atoms with Crippen molar-refractivity contribution in [2.45, 2.75) is 57.2 Å². The lowest BCUT2D eigenvalue weighted by molar-refractivity contribution is 0.0500. The Hall–Kier alpha value is -2.76. The monoisotopic (exact) mass is 521 g/mol. The van der Waals surface area contributed by atoms with Crippen LogP contribution in [0.2, 0.25) is 0 Å². The van der Waals surface area contributed by atoms with Crippen molar-refractivity contribution in [3.63, 3.8) is 0 Å². The van der Waals surface area contributed by atoms with E-state index in [1.807, 2.05) is 0 Å². The first kappa shape index (κ1) is 27.3. The van der Waals surface area contributed by atoms with Crippen molar-refractivity contribution in [1.29, 1.82) is 0 Å². The van der Waals surface area contributed by atoms with Crippen molar-refractivity contribution in [3.05, 3.63) is 30.0 Å². The maximum Gasteiger partial charge on any atom is 0.229 e. The number of anilines is 3. The zero-order valence-electron chi connectivity index (χ0n) is 22.0. The van der Waals surface area contributed by atoms with Gasteiger partial charge in [0.25, 0.3) is 0 Å². The molecule has 9 nitrogen and oxygen atoms in total. The Morgan fingerprint density at radius 3 is 2.59 bits per heavy atom. The zero-order chi connectivity index (χ0) is 26.4. The van der Waals surface area contributed by atoms with Gasteiger partial charge < -0.3 is 29.6 Å². The predicted molar refractivity (Wildman–Crippen MR) is 137 cm³/mol. The molecule has 0 aliphatic carbocycles. The molecule has 4 rings (SSSR count). The van der Waals surface area contributed by atoms with E-state index in [0.29, 0.717) is 12.6 Å². The summed E-state index contributed by atoms with van der Waals surface area (Å²) in [7, 11) is 3.08. The lowest BCUT2D eigenvalue weighted by atomic mass is 9.84. The van der Waals surface area contributed by atoms with Crippen LogP contribution in [0.1, 0.15) is 39.5 Å². The van der Waals surface area contributed by atoms with Crippen LogP contribution in [0, 0.1) is 11.6 Å². The number of halogens is 2. The Balaban J connectivity index is 1.50. The highest BCUT2D eigenvalue weighted by Crippen LogP contribution is 2.39. The van der Waals surface area contributed by atoms with Gasteiger partial charge in [-0.2, -0.15) is 4.98 Å². The second-order valence-corrected chi connectivity index (χ2v) is 10.0. The summed E-state index contributed by atoms with van der Waals surface area (Å²) in [6.07, 6.45) is 5.23. The van der Waals surface area contributed by atoms with E-state index in [9.17, 15) is 4.39 Å². The van der Waals surface area contributed by atoms with Crippen molar-refractivity contribution >= 4 is 17.5 Å². The minimum Gasteiger partial charge on any atom is -0.487 e. The van der Waals surface area contributed by atoms with Gasteiger partial charge in [0.2, 0.25) is 5.95 Å². The van der Waals surface area contributed by atoms with Gasteiger partial charge in [0.05, 0.1) is 25.1 Å². The minimum atomic E-state index is -0.677. The summed E-state index contributed by atoms with van der Waals surface area (Å²) in [4.78, 5) is 10.9. The van der Waals surface area contributed by atoms with Crippen LogP contribution in [0.25, 0.3) is 0 Å². The fourth-order valence-corrected chi connectivity index (χ4v) is 5.31. The van der Waals surface area contributed by atoms with Crippen molar-refractivity contribution in [2.75, 3.05) is 57.8 Å². The van der Waals surface area contributed by atoms with E-state index in [2.05, 4.69) is 39.3 Å². The van der Waals surface area contributed by atoms with Crippen molar-refractivity contribution in [1.82, 2.24) is 14.9 Å². The predicted octanol–water partition coefficient (Wildman–Crippen LogP) is 4.37. The van der Waals surface area contributed by atoms with Crippen molar-refractivity contribution in [2.24, 2.45) is 0 Å². The molecule has 0 amide bonds. The molecule has 37 heavy (non-hydrogen) atoms. The number of methoxy groups -OCH3 is 2. The molecule has 0 bridgehead atoms.